The van der Waals surface area contributed by atoms with Crippen molar-refractivity contribution in [2.45, 2.75) is 37.6 Å². The maximum Gasteiger partial charge on any atom is 0.338 e. The number of rotatable bonds is 5. The molecule has 5 atom stereocenters. The fourth-order valence-corrected chi connectivity index (χ4v) is 2.42. The summed E-state index contributed by atoms with van der Waals surface area (Å²) in [6, 6.07) is 5.17. The summed E-state index contributed by atoms with van der Waals surface area (Å²) in [5.41, 5.74) is 0.687. The Bertz CT molecular complexity index is 621. The van der Waals surface area contributed by atoms with E-state index in [1.165, 1.54) is 24.3 Å². The molecule has 10 nitrogen and oxygen atoms in total. The van der Waals surface area contributed by atoms with E-state index in [1.54, 1.807) is 6.92 Å². The minimum Gasteiger partial charge on any atom is -0.462 e. The van der Waals surface area contributed by atoms with E-state index in [1.807, 2.05) is 0 Å². The van der Waals surface area contributed by atoms with E-state index in [9.17, 15) is 24.9 Å². The standard InChI is InChI=1S/C16H22N2O8/c1-2-25-15(23)8-3-5-9(6-4-8)17-16(24)18-14-13(22)12(21)11(20)10(7-19)26-14/h3-6,10-14,19-22H,2,7H2,1H3,(H2,17,18,24)/t10-,11+,12+,13-,14-/m1/s1. The van der Waals surface area contributed by atoms with Gasteiger partial charge in [0.05, 0.1) is 18.8 Å². The topological polar surface area (TPSA) is 158 Å². The third kappa shape index (κ3) is 4.68. The Kier molecular flexibility index (Phi) is 6.89. The minimum atomic E-state index is -1.59. The third-order valence-electron chi connectivity index (χ3n) is 3.82. The third-order valence-corrected chi connectivity index (χ3v) is 3.82. The van der Waals surface area contributed by atoms with Crippen molar-refractivity contribution in [3.05, 3.63) is 29.8 Å². The zero-order valence-electron chi connectivity index (χ0n) is 14.0. The van der Waals surface area contributed by atoms with Crippen molar-refractivity contribution in [3.63, 3.8) is 0 Å². The fraction of sp³-hybridized carbons (Fsp3) is 0.500. The monoisotopic (exact) mass is 370 g/mol. The van der Waals surface area contributed by atoms with Crippen LogP contribution in [-0.2, 0) is 9.47 Å². The lowest BCUT2D eigenvalue weighted by atomic mass is 9.98. The number of nitrogens with one attached hydrogen (secondary N) is 2. The zero-order valence-corrected chi connectivity index (χ0v) is 14.0. The molecule has 0 aliphatic carbocycles. The second kappa shape index (κ2) is 8.92. The molecular weight excluding hydrogens is 348 g/mol. The van der Waals surface area contributed by atoms with Crippen LogP contribution in [0.2, 0.25) is 0 Å². The van der Waals surface area contributed by atoms with Gasteiger partial charge in [-0.25, -0.2) is 9.59 Å². The highest BCUT2D eigenvalue weighted by atomic mass is 16.6. The number of amides is 2. The Labute approximate surface area is 149 Å². The van der Waals surface area contributed by atoms with Gasteiger partial charge in [0.15, 0.2) is 6.23 Å². The van der Waals surface area contributed by atoms with Crippen LogP contribution in [0, 0.1) is 0 Å². The van der Waals surface area contributed by atoms with Crippen LogP contribution in [0.5, 0.6) is 0 Å². The van der Waals surface area contributed by atoms with Gasteiger partial charge in [0, 0.05) is 5.69 Å². The minimum absolute atomic E-state index is 0.250. The smallest absolute Gasteiger partial charge is 0.338 e. The quantitative estimate of drug-likeness (QED) is 0.352. The first kappa shape index (κ1) is 20.1. The number of esters is 1. The average molecular weight is 370 g/mol. The average Bonchev–Trinajstić information content (AvgIpc) is 2.63. The number of anilines is 1. The number of hydrogen-bond acceptors (Lipinski definition) is 8. The molecule has 2 amide bonds. The molecule has 1 saturated heterocycles. The first-order chi connectivity index (χ1) is 12.4. The van der Waals surface area contributed by atoms with Crippen molar-refractivity contribution in [2.24, 2.45) is 0 Å². The van der Waals surface area contributed by atoms with E-state index in [0.29, 0.717) is 11.3 Å². The second-order valence-corrected chi connectivity index (χ2v) is 5.65. The molecule has 1 aliphatic heterocycles. The number of urea groups is 1. The van der Waals surface area contributed by atoms with Crippen LogP contribution in [0.25, 0.3) is 0 Å². The number of ether oxygens (including phenoxy) is 2. The van der Waals surface area contributed by atoms with Gasteiger partial charge in [0.25, 0.3) is 0 Å². The predicted octanol–water partition coefficient (Wildman–Crippen LogP) is -1.22. The van der Waals surface area contributed by atoms with Crippen molar-refractivity contribution in [3.8, 4) is 0 Å². The summed E-state index contributed by atoms with van der Waals surface area (Å²) in [7, 11) is 0. The van der Waals surface area contributed by atoms with Gasteiger partial charge in [-0.15, -0.1) is 0 Å². The molecule has 0 unspecified atom stereocenters. The fourth-order valence-electron chi connectivity index (χ4n) is 2.42. The Balaban J connectivity index is 1.94. The lowest BCUT2D eigenvalue weighted by Crippen LogP contribution is -2.63. The van der Waals surface area contributed by atoms with Gasteiger partial charge in [0.1, 0.15) is 24.4 Å². The predicted molar refractivity (Wildman–Crippen MR) is 88.3 cm³/mol. The van der Waals surface area contributed by atoms with Crippen LogP contribution in [0.4, 0.5) is 10.5 Å². The molecule has 0 saturated carbocycles. The summed E-state index contributed by atoms with van der Waals surface area (Å²) >= 11 is 0. The van der Waals surface area contributed by atoms with Gasteiger partial charge in [-0.1, -0.05) is 0 Å². The molecule has 1 aliphatic rings. The summed E-state index contributed by atoms with van der Waals surface area (Å²) < 4.78 is 10.0. The number of benzene rings is 1. The molecule has 2 rings (SSSR count). The number of aliphatic hydroxyl groups excluding tert-OH is 4. The summed E-state index contributed by atoms with van der Waals surface area (Å²) in [6.07, 6.45) is -7.13. The van der Waals surface area contributed by atoms with E-state index < -0.39 is 49.3 Å². The molecule has 0 bridgehead atoms. The van der Waals surface area contributed by atoms with Gasteiger partial charge in [-0.05, 0) is 31.2 Å². The first-order valence-corrected chi connectivity index (χ1v) is 8.02. The van der Waals surface area contributed by atoms with Crippen LogP contribution in [0.1, 0.15) is 17.3 Å². The van der Waals surface area contributed by atoms with Gasteiger partial charge in [-0.2, -0.15) is 0 Å². The van der Waals surface area contributed by atoms with E-state index in [-0.39, 0.29) is 6.61 Å². The number of carbonyl (C=O) groups excluding carboxylic acids is 2. The summed E-state index contributed by atoms with van der Waals surface area (Å²) in [5.74, 6) is -0.482. The molecule has 1 aromatic carbocycles. The Morgan fingerprint density at radius 1 is 1.12 bits per heavy atom. The van der Waals surface area contributed by atoms with Crippen LogP contribution >= 0.6 is 0 Å². The lowest BCUT2D eigenvalue weighted by molar-refractivity contribution is -0.233. The Hall–Kier alpha value is -2.24. The highest BCUT2D eigenvalue weighted by Crippen LogP contribution is 2.20. The van der Waals surface area contributed by atoms with E-state index in [2.05, 4.69) is 10.6 Å². The van der Waals surface area contributed by atoms with Crippen LogP contribution in [0.15, 0.2) is 24.3 Å². The molecule has 26 heavy (non-hydrogen) atoms. The van der Waals surface area contributed by atoms with Gasteiger partial charge in [-0.3, -0.25) is 0 Å². The van der Waals surface area contributed by atoms with Crippen molar-refractivity contribution in [2.75, 3.05) is 18.5 Å². The van der Waals surface area contributed by atoms with Crippen molar-refractivity contribution >= 4 is 17.7 Å². The molecule has 6 N–H and O–H groups in total. The van der Waals surface area contributed by atoms with Crippen molar-refractivity contribution in [1.82, 2.24) is 5.32 Å². The number of carbonyl (C=O) groups is 2. The SMILES string of the molecule is CCOC(=O)c1ccc(NC(=O)N[C@@H]2O[C@H](CO)[C@H](O)[C@H](O)[C@H]2O)cc1. The molecule has 1 heterocycles. The highest BCUT2D eigenvalue weighted by molar-refractivity contribution is 5.92. The van der Waals surface area contributed by atoms with Crippen LogP contribution in [-0.4, -0.2) is 76.3 Å². The van der Waals surface area contributed by atoms with Crippen LogP contribution in [0.3, 0.4) is 0 Å². The molecular formula is C16H22N2O8. The maximum atomic E-state index is 12.0. The van der Waals surface area contributed by atoms with Gasteiger partial charge in [0.2, 0.25) is 0 Å². The van der Waals surface area contributed by atoms with E-state index in [4.69, 9.17) is 14.6 Å². The Morgan fingerprint density at radius 3 is 2.35 bits per heavy atom. The summed E-state index contributed by atoms with van der Waals surface area (Å²) in [4.78, 5) is 23.6. The Morgan fingerprint density at radius 2 is 1.77 bits per heavy atom. The first-order valence-electron chi connectivity index (χ1n) is 8.02. The molecule has 144 valence electrons. The van der Waals surface area contributed by atoms with E-state index >= 15 is 0 Å². The molecule has 1 fully saturated rings. The van der Waals surface area contributed by atoms with Crippen molar-refractivity contribution in [1.29, 1.82) is 0 Å². The summed E-state index contributed by atoms with van der Waals surface area (Å²) in [5, 5.41) is 43.1. The normalized spacial score (nSPS) is 28.3. The van der Waals surface area contributed by atoms with Crippen molar-refractivity contribution < 1.29 is 39.5 Å². The molecule has 0 radical (unpaired) electrons. The molecule has 1 aromatic rings. The second-order valence-electron chi connectivity index (χ2n) is 5.65. The zero-order chi connectivity index (χ0) is 19.3. The van der Waals surface area contributed by atoms with E-state index in [0.717, 1.165) is 0 Å². The molecule has 10 heteroatoms. The maximum absolute atomic E-state index is 12.0. The highest BCUT2D eigenvalue weighted by Gasteiger charge is 2.43. The van der Waals surface area contributed by atoms with Crippen LogP contribution < -0.4 is 10.6 Å². The number of hydrogen-bond donors (Lipinski definition) is 6. The molecule has 0 spiro atoms. The number of aliphatic hydroxyl groups is 4. The lowest BCUT2D eigenvalue weighted by Gasteiger charge is -2.40. The summed E-state index contributed by atoms with van der Waals surface area (Å²) in [6.45, 7) is 1.34. The molecule has 0 aromatic heterocycles. The van der Waals surface area contributed by atoms with Gasteiger partial charge < -0.3 is 40.5 Å². The largest absolute Gasteiger partial charge is 0.462 e. The van der Waals surface area contributed by atoms with Gasteiger partial charge >= 0.3 is 12.0 Å².